The molecule has 1 amide bonds. The number of benzene rings is 1. The van der Waals surface area contributed by atoms with Gasteiger partial charge in [0, 0.05) is 18.2 Å². The molecular weight excluding hydrogens is 260 g/mol. The molecule has 1 aromatic carbocycles. The van der Waals surface area contributed by atoms with E-state index in [4.69, 9.17) is 9.63 Å². The van der Waals surface area contributed by atoms with E-state index < -0.39 is 11.9 Å². The van der Waals surface area contributed by atoms with Crippen LogP contribution in [0, 0.1) is 0 Å². The summed E-state index contributed by atoms with van der Waals surface area (Å²) in [6, 6.07) is 10.8. The fourth-order valence-electron chi connectivity index (χ4n) is 1.77. The van der Waals surface area contributed by atoms with Crippen LogP contribution in [0.3, 0.4) is 0 Å². The van der Waals surface area contributed by atoms with Crippen molar-refractivity contribution in [3.8, 4) is 11.3 Å². The van der Waals surface area contributed by atoms with Gasteiger partial charge in [-0.2, -0.15) is 0 Å². The minimum atomic E-state index is -1.06. The van der Waals surface area contributed by atoms with Gasteiger partial charge in [-0.3, -0.25) is 9.59 Å². The van der Waals surface area contributed by atoms with Gasteiger partial charge >= 0.3 is 5.97 Å². The van der Waals surface area contributed by atoms with E-state index in [0.29, 0.717) is 12.3 Å². The number of amides is 1. The van der Waals surface area contributed by atoms with E-state index >= 15 is 0 Å². The first kappa shape index (κ1) is 13.8. The third kappa shape index (κ3) is 3.03. The van der Waals surface area contributed by atoms with Crippen LogP contribution in [0.25, 0.3) is 11.3 Å². The van der Waals surface area contributed by atoms with Crippen LogP contribution in [0.15, 0.2) is 40.9 Å². The van der Waals surface area contributed by atoms with Crippen molar-refractivity contribution in [3.05, 3.63) is 42.1 Å². The predicted octanol–water partition coefficient (Wildman–Crippen LogP) is 1.89. The van der Waals surface area contributed by atoms with E-state index in [1.165, 1.54) is 11.0 Å². The summed E-state index contributed by atoms with van der Waals surface area (Å²) in [7, 11) is 0. The van der Waals surface area contributed by atoms with Crippen molar-refractivity contribution in [1.29, 1.82) is 0 Å². The first-order chi connectivity index (χ1) is 9.61. The van der Waals surface area contributed by atoms with Gasteiger partial charge in [-0.15, -0.1) is 0 Å². The van der Waals surface area contributed by atoms with Crippen LogP contribution in [0.2, 0.25) is 0 Å². The number of carbonyl (C=O) groups excluding carboxylic acids is 1. The molecule has 0 aliphatic carbocycles. The predicted molar refractivity (Wildman–Crippen MR) is 71.2 cm³/mol. The van der Waals surface area contributed by atoms with Crippen LogP contribution in [0.5, 0.6) is 0 Å². The molecule has 1 aromatic heterocycles. The molecule has 104 valence electrons. The molecule has 1 heterocycles. The lowest BCUT2D eigenvalue weighted by Gasteiger charge is -2.16. The second kappa shape index (κ2) is 6.01. The molecule has 0 aliphatic rings. The molecule has 0 saturated heterocycles. The summed E-state index contributed by atoms with van der Waals surface area (Å²) in [6.07, 6.45) is 0. The van der Waals surface area contributed by atoms with Crippen molar-refractivity contribution >= 4 is 11.9 Å². The Morgan fingerprint density at radius 1 is 1.30 bits per heavy atom. The summed E-state index contributed by atoms with van der Waals surface area (Å²) >= 11 is 0. The van der Waals surface area contributed by atoms with E-state index in [1.807, 2.05) is 30.3 Å². The summed E-state index contributed by atoms with van der Waals surface area (Å²) in [5.74, 6) is -1.05. The van der Waals surface area contributed by atoms with Gasteiger partial charge in [-0.1, -0.05) is 35.5 Å². The van der Waals surface area contributed by atoms with E-state index in [0.717, 1.165) is 5.56 Å². The Morgan fingerprint density at radius 2 is 2.00 bits per heavy atom. The third-order valence-corrected chi connectivity index (χ3v) is 2.78. The first-order valence-corrected chi connectivity index (χ1v) is 6.15. The average Bonchev–Trinajstić information content (AvgIpc) is 2.94. The van der Waals surface area contributed by atoms with Crippen LogP contribution in [0.1, 0.15) is 17.4 Å². The number of carboxylic acid groups (broad SMARTS) is 1. The van der Waals surface area contributed by atoms with Crippen LogP contribution in [-0.4, -0.2) is 40.1 Å². The molecular formula is C14H14N2O4. The maximum atomic E-state index is 12.1. The highest BCUT2D eigenvalue weighted by atomic mass is 16.5. The number of nitrogens with zero attached hydrogens (tertiary/aromatic N) is 2. The quantitative estimate of drug-likeness (QED) is 0.900. The molecule has 0 aliphatic heterocycles. The van der Waals surface area contributed by atoms with E-state index in [2.05, 4.69) is 5.16 Å². The highest BCUT2D eigenvalue weighted by Crippen LogP contribution is 2.20. The molecule has 2 rings (SSSR count). The van der Waals surface area contributed by atoms with Gasteiger partial charge in [0.15, 0.2) is 11.5 Å². The number of hydrogen-bond acceptors (Lipinski definition) is 4. The molecule has 0 radical (unpaired) electrons. The van der Waals surface area contributed by atoms with Crippen molar-refractivity contribution in [1.82, 2.24) is 10.1 Å². The number of likely N-dealkylation sites (N-methyl/N-ethyl adjacent to an activating group) is 1. The minimum Gasteiger partial charge on any atom is -0.480 e. The molecule has 0 fully saturated rings. The zero-order valence-corrected chi connectivity index (χ0v) is 10.9. The number of rotatable bonds is 5. The van der Waals surface area contributed by atoms with Crippen LogP contribution < -0.4 is 0 Å². The largest absolute Gasteiger partial charge is 0.480 e. The Kier molecular flexibility index (Phi) is 4.14. The minimum absolute atomic E-state index is 0.104. The zero-order valence-electron chi connectivity index (χ0n) is 10.9. The van der Waals surface area contributed by atoms with Crippen molar-refractivity contribution in [3.63, 3.8) is 0 Å². The van der Waals surface area contributed by atoms with Crippen LogP contribution in [0.4, 0.5) is 0 Å². The molecule has 0 unspecified atom stereocenters. The number of carboxylic acids is 1. The highest BCUT2D eigenvalue weighted by Gasteiger charge is 2.21. The fourth-order valence-corrected chi connectivity index (χ4v) is 1.77. The molecule has 6 heteroatoms. The lowest BCUT2D eigenvalue weighted by atomic mass is 10.1. The maximum Gasteiger partial charge on any atom is 0.323 e. The summed E-state index contributed by atoms with van der Waals surface area (Å²) in [5.41, 5.74) is 0.910. The SMILES string of the molecule is CCN(CC(=O)O)C(=O)c1cc(-c2ccccc2)on1. The average molecular weight is 274 g/mol. The van der Waals surface area contributed by atoms with E-state index in [9.17, 15) is 9.59 Å². The Labute approximate surface area is 115 Å². The summed E-state index contributed by atoms with van der Waals surface area (Å²) in [4.78, 5) is 24.0. The number of aromatic nitrogens is 1. The topological polar surface area (TPSA) is 83.6 Å². The molecule has 1 N–H and O–H groups in total. The lowest BCUT2D eigenvalue weighted by Crippen LogP contribution is -2.35. The normalized spacial score (nSPS) is 10.2. The number of hydrogen-bond donors (Lipinski definition) is 1. The standard InChI is InChI=1S/C14H14N2O4/c1-2-16(9-13(17)18)14(19)11-8-12(20-15-11)10-6-4-3-5-7-10/h3-8H,2,9H2,1H3,(H,17,18). The van der Waals surface area contributed by atoms with Gasteiger partial charge in [0.25, 0.3) is 5.91 Å². The monoisotopic (exact) mass is 274 g/mol. The Morgan fingerprint density at radius 3 is 2.60 bits per heavy atom. The van der Waals surface area contributed by atoms with Gasteiger partial charge in [0.1, 0.15) is 6.54 Å². The Bertz CT molecular complexity index is 607. The van der Waals surface area contributed by atoms with E-state index in [-0.39, 0.29) is 12.2 Å². The van der Waals surface area contributed by atoms with E-state index in [1.54, 1.807) is 6.92 Å². The molecule has 0 atom stereocenters. The molecule has 0 saturated carbocycles. The highest BCUT2D eigenvalue weighted by molar-refractivity contribution is 5.94. The first-order valence-electron chi connectivity index (χ1n) is 6.15. The van der Waals surface area contributed by atoms with Crippen molar-refractivity contribution in [2.75, 3.05) is 13.1 Å². The molecule has 20 heavy (non-hydrogen) atoms. The maximum absolute atomic E-state index is 12.1. The lowest BCUT2D eigenvalue weighted by molar-refractivity contribution is -0.137. The van der Waals surface area contributed by atoms with Gasteiger partial charge in [-0.05, 0) is 6.92 Å². The van der Waals surface area contributed by atoms with Crippen molar-refractivity contribution in [2.45, 2.75) is 6.92 Å². The van der Waals surface area contributed by atoms with Crippen molar-refractivity contribution < 1.29 is 19.2 Å². The summed E-state index contributed by atoms with van der Waals surface area (Å²) < 4.78 is 5.13. The molecule has 2 aromatic rings. The van der Waals surface area contributed by atoms with Crippen molar-refractivity contribution in [2.24, 2.45) is 0 Å². The van der Waals surface area contributed by atoms with Crippen LogP contribution >= 0.6 is 0 Å². The third-order valence-electron chi connectivity index (χ3n) is 2.78. The molecule has 6 nitrogen and oxygen atoms in total. The van der Waals surface area contributed by atoms with Gasteiger partial charge in [0.2, 0.25) is 0 Å². The molecule has 0 spiro atoms. The summed E-state index contributed by atoms with van der Waals surface area (Å²) in [6.45, 7) is 1.64. The summed E-state index contributed by atoms with van der Waals surface area (Å²) in [5, 5.41) is 12.5. The van der Waals surface area contributed by atoms with Gasteiger partial charge < -0.3 is 14.5 Å². The fraction of sp³-hybridized carbons (Fsp3) is 0.214. The van der Waals surface area contributed by atoms with Gasteiger partial charge in [0.05, 0.1) is 0 Å². The van der Waals surface area contributed by atoms with Crippen LogP contribution in [-0.2, 0) is 4.79 Å². The Hall–Kier alpha value is -2.63. The molecule has 0 bridgehead atoms. The zero-order chi connectivity index (χ0) is 14.5. The smallest absolute Gasteiger partial charge is 0.323 e. The second-order valence-electron chi connectivity index (χ2n) is 4.16. The Balaban J connectivity index is 2.20. The second-order valence-corrected chi connectivity index (χ2v) is 4.16. The van der Waals surface area contributed by atoms with Gasteiger partial charge in [-0.25, -0.2) is 0 Å². The number of aliphatic carboxylic acids is 1. The number of carbonyl (C=O) groups is 2.